The summed E-state index contributed by atoms with van der Waals surface area (Å²) in [5, 5.41) is 13.2. The highest BCUT2D eigenvalue weighted by Crippen LogP contribution is 2.20. The first-order valence-electron chi connectivity index (χ1n) is 4.82. The van der Waals surface area contributed by atoms with Crippen LogP contribution >= 0.6 is 0 Å². The second kappa shape index (κ2) is 4.46. The standard InChI is InChI=1S/C8H16N2O4S/c1-2-6(5-11)10-4-7(3-8(10)12)15(9,13)14/h6-7,11H,2-5H2,1H3,(H2,9,13,14). The molecule has 1 saturated heterocycles. The lowest BCUT2D eigenvalue weighted by molar-refractivity contribution is -0.130. The van der Waals surface area contributed by atoms with Gasteiger partial charge in [-0.25, -0.2) is 13.6 Å². The predicted octanol–water partition coefficient (Wildman–Crippen LogP) is -1.35. The van der Waals surface area contributed by atoms with Crippen molar-refractivity contribution in [1.82, 2.24) is 4.90 Å². The van der Waals surface area contributed by atoms with Gasteiger partial charge in [0.05, 0.1) is 12.6 Å². The number of hydrogen-bond donors (Lipinski definition) is 2. The van der Waals surface area contributed by atoms with Crippen molar-refractivity contribution in [1.29, 1.82) is 0 Å². The number of aliphatic hydroxyl groups excluding tert-OH is 1. The minimum atomic E-state index is -3.66. The average Bonchev–Trinajstić information content (AvgIpc) is 2.50. The molecule has 0 bridgehead atoms. The fourth-order valence-corrected chi connectivity index (χ4v) is 2.46. The van der Waals surface area contributed by atoms with Crippen LogP contribution in [-0.2, 0) is 14.8 Å². The molecule has 7 heteroatoms. The Bertz CT molecular complexity index is 337. The van der Waals surface area contributed by atoms with E-state index in [0.29, 0.717) is 6.42 Å². The maximum Gasteiger partial charge on any atom is 0.224 e. The van der Waals surface area contributed by atoms with Crippen LogP contribution in [-0.4, -0.2) is 48.8 Å². The Kier molecular flexibility index (Phi) is 3.69. The molecule has 2 unspecified atom stereocenters. The van der Waals surface area contributed by atoms with Crippen molar-refractivity contribution >= 4 is 15.9 Å². The normalized spacial score (nSPS) is 24.6. The third kappa shape index (κ3) is 2.67. The van der Waals surface area contributed by atoms with Gasteiger partial charge in [-0.05, 0) is 6.42 Å². The summed E-state index contributed by atoms with van der Waals surface area (Å²) in [5.74, 6) is -0.255. The minimum Gasteiger partial charge on any atom is -0.394 e. The molecule has 0 spiro atoms. The Morgan fingerprint density at radius 3 is 2.60 bits per heavy atom. The molecule has 0 aromatic carbocycles. The van der Waals surface area contributed by atoms with E-state index in [2.05, 4.69) is 0 Å². The maximum atomic E-state index is 11.5. The lowest BCUT2D eigenvalue weighted by atomic mass is 10.2. The summed E-state index contributed by atoms with van der Waals surface area (Å²) in [6, 6.07) is -0.302. The zero-order chi connectivity index (χ0) is 11.6. The van der Waals surface area contributed by atoms with E-state index < -0.39 is 15.3 Å². The predicted molar refractivity (Wildman–Crippen MR) is 54.4 cm³/mol. The number of primary sulfonamides is 1. The van der Waals surface area contributed by atoms with Crippen molar-refractivity contribution in [3.05, 3.63) is 0 Å². The maximum absolute atomic E-state index is 11.5. The van der Waals surface area contributed by atoms with Gasteiger partial charge in [-0.1, -0.05) is 6.92 Å². The molecule has 88 valence electrons. The molecule has 15 heavy (non-hydrogen) atoms. The molecule has 3 N–H and O–H groups in total. The molecule has 2 atom stereocenters. The van der Waals surface area contributed by atoms with Crippen LogP contribution in [0.1, 0.15) is 19.8 Å². The minimum absolute atomic E-state index is 0.0741. The van der Waals surface area contributed by atoms with Crippen molar-refractivity contribution in [2.75, 3.05) is 13.2 Å². The van der Waals surface area contributed by atoms with E-state index in [1.54, 1.807) is 0 Å². The van der Waals surface area contributed by atoms with Gasteiger partial charge in [-0.2, -0.15) is 0 Å². The highest BCUT2D eigenvalue weighted by atomic mass is 32.2. The zero-order valence-electron chi connectivity index (χ0n) is 8.59. The summed E-state index contributed by atoms with van der Waals surface area (Å²) in [7, 11) is -3.66. The Morgan fingerprint density at radius 2 is 2.27 bits per heavy atom. The van der Waals surface area contributed by atoms with Gasteiger partial charge in [0.15, 0.2) is 0 Å². The number of nitrogens with two attached hydrogens (primary N) is 1. The quantitative estimate of drug-likeness (QED) is 0.630. The van der Waals surface area contributed by atoms with Crippen LogP contribution < -0.4 is 5.14 Å². The van der Waals surface area contributed by atoms with Crippen LogP contribution in [0.15, 0.2) is 0 Å². The molecule has 1 amide bonds. The average molecular weight is 236 g/mol. The highest BCUT2D eigenvalue weighted by molar-refractivity contribution is 7.89. The fraction of sp³-hybridized carbons (Fsp3) is 0.875. The van der Waals surface area contributed by atoms with E-state index in [4.69, 9.17) is 10.2 Å². The highest BCUT2D eigenvalue weighted by Gasteiger charge is 2.38. The molecule has 0 aromatic heterocycles. The molecule has 0 aromatic rings. The van der Waals surface area contributed by atoms with Crippen LogP contribution in [0.2, 0.25) is 0 Å². The second-order valence-electron chi connectivity index (χ2n) is 3.71. The van der Waals surface area contributed by atoms with E-state index in [1.807, 2.05) is 6.92 Å². The number of sulfonamides is 1. The molecule has 0 radical (unpaired) electrons. The Balaban J connectivity index is 2.77. The molecule has 1 heterocycles. The molecular formula is C8H16N2O4S. The van der Waals surface area contributed by atoms with E-state index in [9.17, 15) is 13.2 Å². The molecule has 6 nitrogen and oxygen atoms in total. The largest absolute Gasteiger partial charge is 0.394 e. The van der Waals surface area contributed by atoms with Crippen molar-refractivity contribution < 1.29 is 18.3 Å². The fourth-order valence-electron chi connectivity index (χ4n) is 1.72. The topological polar surface area (TPSA) is 101 Å². The number of amides is 1. The monoisotopic (exact) mass is 236 g/mol. The van der Waals surface area contributed by atoms with Gasteiger partial charge >= 0.3 is 0 Å². The number of carbonyl (C=O) groups excluding carboxylic acids is 1. The summed E-state index contributed by atoms with van der Waals surface area (Å²) >= 11 is 0. The van der Waals surface area contributed by atoms with Gasteiger partial charge in [-0.3, -0.25) is 4.79 Å². The molecule has 0 saturated carbocycles. The van der Waals surface area contributed by atoms with Crippen LogP contribution in [0.5, 0.6) is 0 Å². The van der Waals surface area contributed by atoms with Crippen molar-refractivity contribution in [3.8, 4) is 0 Å². The molecule has 1 rings (SSSR count). The number of rotatable bonds is 4. The zero-order valence-corrected chi connectivity index (χ0v) is 9.40. The van der Waals surface area contributed by atoms with E-state index in [-0.39, 0.29) is 31.5 Å². The molecule has 1 fully saturated rings. The first-order valence-corrected chi connectivity index (χ1v) is 6.43. The smallest absolute Gasteiger partial charge is 0.224 e. The summed E-state index contributed by atoms with van der Waals surface area (Å²) in [5.41, 5.74) is 0. The van der Waals surface area contributed by atoms with Crippen molar-refractivity contribution in [3.63, 3.8) is 0 Å². The second-order valence-corrected chi connectivity index (χ2v) is 5.55. The Hall–Kier alpha value is -0.660. The van der Waals surface area contributed by atoms with Gasteiger partial charge in [0.25, 0.3) is 0 Å². The summed E-state index contributed by atoms with van der Waals surface area (Å²) in [6.07, 6.45) is 0.523. The summed E-state index contributed by atoms with van der Waals surface area (Å²) < 4.78 is 22.1. The van der Waals surface area contributed by atoms with Crippen LogP contribution in [0.25, 0.3) is 0 Å². The van der Waals surface area contributed by atoms with Crippen LogP contribution in [0, 0.1) is 0 Å². The van der Waals surface area contributed by atoms with Gasteiger partial charge in [0.1, 0.15) is 5.25 Å². The summed E-state index contributed by atoms with van der Waals surface area (Å²) in [4.78, 5) is 12.9. The van der Waals surface area contributed by atoms with Crippen molar-refractivity contribution in [2.45, 2.75) is 31.1 Å². The van der Waals surface area contributed by atoms with Gasteiger partial charge < -0.3 is 10.0 Å². The molecule has 1 aliphatic rings. The first kappa shape index (κ1) is 12.4. The summed E-state index contributed by atoms with van der Waals surface area (Å²) in [6.45, 7) is 1.77. The molecule has 0 aliphatic carbocycles. The number of hydrogen-bond acceptors (Lipinski definition) is 4. The van der Waals surface area contributed by atoms with E-state index >= 15 is 0 Å². The number of carbonyl (C=O) groups is 1. The lowest BCUT2D eigenvalue weighted by Crippen LogP contribution is -2.40. The SMILES string of the molecule is CCC(CO)N1CC(S(N)(=O)=O)CC1=O. The third-order valence-electron chi connectivity index (χ3n) is 2.71. The van der Waals surface area contributed by atoms with E-state index in [0.717, 1.165) is 0 Å². The molecular weight excluding hydrogens is 220 g/mol. The van der Waals surface area contributed by atoms with Gasteiger partial charge in [0, 0.05) is 13.0 Å². The number of nitrogens with zero attached hydrogens (tertiary/aromatic N) is 1. The number of aliphatic hydroxyl groups is 1. The lowest BCUT2D eigenvalue weighted by Gasteiger charge is -2.25. The molecule has 1 aliphatic heterocycles. The van der Waals surface area contributed by atoms with E-state index in [1.165, 1.54) is 4.90 Å². The Morgan fingerprint density at radius 1 is 1.67 bits per heavy atom. The Labute approximate surface area is 89.1 Å². The third-order valence-corrected chi connectivity index (χ3v) is 3.96. The number of likely N-dealkylation sites (tertiary alicyclic amines) is 1. The van der Waals surface area contributed by atoms with Crippen LogP contribution in [0.4, 0.5) is 0 Å². The van der Waals surface area contributed by atoms with Gasteiger partial charge in [0.2, 0.25) is 15.9 Å². The van der Waals surface area contributed by atoms with Crippen molar-refractivity contribution in [2.24, 2.45) is 5.14 Å². The van der Waals surface area contributed by atoms with Crippen LogP contribution in [0.3, 0.4) is 0 Å². The van der Waals surface area contributed by atoms with Gasteiger partial charge in [-0.15, -0.1) is 0 Å². The first-order chi connectivity index (χ1) is 6.90.